The molecule has 0 radical (unpaired) electrons. The number of amides is 1. The van der Waals surface area contributed by atoms with Gasteiger partial charge in [0.25, 0.3) is 15.9 Å². The van der Waals surface area contributed by atoms with Gasteiger partial charge in [0.2, 0.25) is 0 Å². The highest BCUT2D eigenvalue weighted by Gasteiger charge is 2.18. The van der Waals surface area contributed by atoms with Crippen LogP contribution in [-0.4, -0.2) is 36.9 Å². The van der Waals surface area contributed by atoms with E-state index >= 15 is 0 Å². The van der Waals surface area contributed by atoms with Gasteiger partial charge in [-0.05, 0) is 37.1 Å². The highest BCUT2D eigenvalue weighted by atomic mass is 32.2. The molecule has 0 fully saturated rings. The van der Waals surface area contributed by atoms with Gasteiger partial charge in [-0.3, -0.25) is 19.6 Å². The van der Waals surface area contributed by atoms with E-state index in [1.807, 2.05) is 30.3 Å². The maximum Gasteiger partial charge on any atom is 0.273 e. The summed E-state index contributed by atoms with van der Waals surface area (Å²) < 4.78 is 28.1. The van der Waals surface area contributed by atoms with Gasteiger partial charge >= 0.3 is 0 Å². The Morgan fingerprint density at radius 3 is 2.65 bits per heavy atom. The molecule has 2 aromatic carbocycles. The van der Waals surface area contributed by atoms with Gasteiger partial charge in [0.05, 0.1) is 10.6 Å². The minimum Gasteiger partial charge on any atom is -0.321 e. The number of rotatable bonds is 5. The highest BCUT2D eigenvalue weighted by molar-refractivity contribution is 7.90. The van der Waals surface area contributed by atoms with Crippen molar-refractivity contribution in [2.24, 2.45) is 4.99 Å². The fourth-order valence-electron chi connectivity index (χ4n) is 3.31. The van der Waals surface area contributed by atoms with Crippen LogP contribution in [0.1, 0.15) is 36.2 Å². The van der Waals surface area contributed by atoms with Gasteiger partial charge in [0.15, 0.2) is 0 Å². The first kappa shape index (κ1) is 20.8. The van der Waals surface area contributed by atoms with Gasteiger partial charge in [0.1, 0.15) is 11.5 Å². The predicted molar refractivity (Wildman–Crippen MR) is 120 cm³/mol. The van der Waals surface area contributed by atoms with Crippen molar-refractivity contribution in [3.63, 3.8) is 0 Å². The summed E-state index contributed by atoms with van der Waals surface area (Å²) in [5.41, 5.74) is 2.18. The number of anilines is 1. The average Bonchev–Trinajstić information content (AvgIpc) is 3.14. The van der Waals surface area contributed by atoms with E-state index in [9.17, 15) is 13.2 Å². The summed E-state index contributed by atoms with van der Waals surface area (Å²) in [6.45, 7) is 0.628. The molecule has 3 N–H and O–H groups in total. The largest absolute Gasteiger partial charge is 0.321 e. The Labute approximate surface area is 180 Å². The molecule has 1 amide bonds. The number of benzene rings is 2. The Morgan fingerprint density at radius 2 is 1.81 bits per heavy atom. The minimum atomic E-state index is -3.78. The number of carbonyl (C=O) groups is 1. The Morgan fingerprint density at radius 1 is 0.968 bits per heavy atom. The van der Waals surface area contributed by atoms with Crippen molar-refractivity contribution in [3.05, 3.63) is 66.4 Å². The molecule has 0 aliphatic carbocycles. The number of aromatic nitrogens is 2. The number of hydrogen-bond acceptors (Lipinski definition) is 5. The molecule has 9 heteroatoms. The van der Waals surface area contributed by atoms with Crippen molar-refractivity contribution in [1.82, 2.24) is 14.9 Å². The maximum absolute atomic E-state index is 12.8. The first-order valence-electron chi connectivity index (χ1n) is 10.1. The Bertz CT molecular complexity index is 1200. The van der Waals surface area contributed by atoms with Crippen LogP contribution in [0.15, 0.2) is 70.6 Å². The SMILES string of the molecule is O=C(Nc1cccc(S(=O)(=O)NC2=NCCCCC2)c1)c1cc(-c2ccccc2)n[nH]1. The number of sulfonamides is 1. The fraction of sp³-hybridized carbons (Fsp3) is 0.227. The highest BCUT2D eigenvalue weighted by Crippen LogP contribution is 2.19. The normalized spacial score (nSPS) is 14.4. The average molecular weight is 438 g/mol. The summed E-state index contributed by atoms with van der Waals surface area (Å²) >= 11 is 0. The maximum atomic E-state index is 12.8. The molecule has 1 aromatic heterocycles. The van der Waals surface area contributed by atoms with Crippen LogP contribution in [0.3, 0.4) is 0 Å². The summed E-state index contributed by atoms with van der Waals surface area (Å²) in [6, 6.07) is 17.3. The molecule has 4 rings (SSSR count). The smallest absolute Gasteiger partial charge is 0.273 e. The van der Waals surface area contributed by atoms with Crippen LogP contribution in [0.2, 0.25) is 0 Å². The van der Waals surface area contributed by atoms with Crippen LogP contribution in [0.5, 0.6) is 0 Å². The van der Waals surface area contributed by atoms with E-state index < -0.39 is 15.9 Å². The number of aromatic amines is 1. The lowest BCUT2D eigenvalue weighted by Crippen LogP contribution is -2.30. The topological polar surface area (TPSA) is 116 Å². The van der Waals surface area contributed by atoms with E-state index in [4.69, 9.17) is 0 Å². The van der Waals surface area contributed by atoms with Crippen LogP contribution in [0, 0.1) is 0 Å². The van der Waals surface area contributed by atoms with Gasteiger partial charge in [-0.1, -0.05) is 42.8 Å². The summed E-state index contributed by atoms with van der Waals surface area (Å²) in [5, 5.41) is 9.61. The Kier molecular flexibility index (Phi) is 6.13. The fourth-order valence-corrected chi connectivity index (χ4v) is 4.44. The summed E-state index contributed by atoms with van der Waals surface area (Å²) in [5.74, 6) is 0.0724. The van der Waals surface area contributed by atoms with Crippen LogP contribution in [0.4, 0.5) is 5.69 Å². The van der Waals surface area contributed by atoms with Gasteiger partial charge in [-0.15, -0.1) is 0 Å². The van der Waals surface area contributed by atoms with Crippen molar-refractivity contribution < 1.29 is 13.2 Å². The number of aliphatic imine (C=N–C) groups is 1. The molecule has 160 valence electrons. The first-order chi connectivity index (χ1) is 15.0. The van der Waals surface area contributed by atoms with Gasteiger partial charge in [-0.2, -0.15) is 5.10 Å². The second kappa shape index (κ2) is 9.13. The number of carbonyl (C=O) groups excluding carboxylic acids is 1. The molecule has 3 aromatic rings. The van der Waals surface area contributed by atoms with Crippen LogP contribution in [0.25, 0.3) is 11.3 Å². The van der Waals surface area contributed by atoms with E-state index in [1.54, 1.807) is 18.2 Å². The molecular weight excluding hydrogens is 414 g/mol. The monoisotopic (exact) mass is 437 g/mol. The molecule has 2 heterocycles. The first-order valence-corrected chi connectivity index (χ1v) is 11.6. The second-order valence-electron chi connectivity index (χ2n) is 7.26. The van der Waals surface area contributed by atoms with E-state index in [0.717, 1.165) is 24.8 Å². The lowest BCUT2D eigenvalue weighted by atomic mass is 10.1. The molecule has 1 aliphatic rings. The molecule has 0 bridgehead atoms. The molecule has 31 heavy (non-hydrogen) atoms. The van der Waals surface area contributed by atoms with Crippen molar-refractivity contribution in [2.75, 3.05) is 11.9 Å². The standard InChI is InChI=1S/C22H23N5O3S/c28-22(20-15-19(25-26-20)16-8-3-1-4-9-16)24-17-10-7-11-18(14-17)31(29,30)27-21-12-5-2-6-13-23-21/h1,3-4,7-11,14-15H,2,5-6,12-13H2,(H,23,27)(H,24,28)(H,25,26). The minimum absolute atomic E-state index is 0.0619. The lowest BCUT2D eigenvalue weighted by Gasteiger charge is -2.11. The Hall–Kier alpha value is -3.46. The van der Waals surface area contributed by atoms with Crippen LogP contribution < -0.4 is 10.0 Å². The summed E-state index contributed by atoms with van der Waals surface area (Å²) in [4.78, 5) is 17.0. The van der Waals surface area contributed by atoms with E-state index in [-0.39, 0.29) is 10.6 Å². The van der Waals surface area contributed by atoms with E-state index in [2.05, 4.69) is 25.2 Å². The van der Waals surface area contributed by atoms with E-state index in [0.29, 0.717) is 30.2 Å². The molecule has 8 nitrogen and oxygen atoms in total. The molecule has 0 saturated carbocycles. The zero-order chi connectivity index (χ0) is 21.7. The molecule has 0 unspecified atom stereocenters. The van der Waals surface area contributed by atoms with Crippen molar-refractivity contribution >= 4 is 27.5 Å². The number of hydrogen-bond donors (Lipinski definition) is 3. The predicted octanol–water partition coefficient (Wildman–Crippen LogP) is 3.58. The second-order valence-corrected chi connectivity index (χ2v) is 8.94. The summed E-state index contributed by atoms with van der Waals surface area (Å²) in [6.07, 6.45) is 3.52. The van der Waals surface area contributed by atoms with Gasteiger partial charge < -0.3 is 5.32 Å². The molecule has 1 aliphatic heterocycles. The third kappa shape index (κ3) is 5.18. The van der Waals surface area contributed by atoms with Gasteiger partial charge in [0, 0.05) is 24.2 Å². The molecular formula is C22H23N5O3S. The number of amidine groups is 1. The lowest BCUT2D eigenvalue weighted by molar-refractivity contribution is 0.102. The van der Waals surface area contributed by atoms with Crippen LogP contribution in [-0.2, 0) is 10.0 Å². The zero-order valence-electron chi connectivity index (χ0n) is 16.8. The van der Waals surface area contributed by atoms with Crippen molar-refractivity contribution in [2.45, 2.75) is 30.6 Å². The van der Waals surface area contributed by atoms with Crippen LogP contribution >= 0.6 is 0 Å². The Balaban J connectivity index is 1.47. The molecule has 0 spiro atoms. The third-order valence-electron chi connectivity index (χ3n) is 4.92. The molecule has 0 atom stereocenters. The molecule has 0 saturated heterocycles. The number of nitrogens with one attached hydrogen (secondary N) is 3. The zero-order valence-corrected chi connectivity index (χ0v) is 17.7. The number of H-pyrrole nitrogens is 1. The van der Waals surface area contributed by atoms with Crippen molar-refractivity contribution in [3.8, 4) is 11.3 Å². The van der Waals surface area contributed by atoms with E-state index in [1.165, 1.54) is 12.1 Å². The number of nitrogens with zero attached hydrogens (tertiary/aromatic N) is 2. The summed E-state index contributed by atoms with van der Waals surface area (Å²) in [7, 11) is -3.78. The van der Waals surface area contributed by atoms with Gasteiger partial charge in [-0.25, -0.2) is 8.42 Å². The third-order valence-corrected chi connectivity index (χ3v) is 6.30. The quantitative estimate of drug-likeness (QED) is 0.566. The van der Waals surface area contributed by atoms with Crippen molar-refractivity contribution in [1.29, 1.82) is 0 Å².